The van der Waals surface area contributed by atoms with Crippen molar-refractivity contribution in [2.75, 3.05) is 26.7 Å². The molecule has 0 spiro atoms. The monoisotopic (exact) mass is 361 g/mol. The maximum Gasteiger partial charge on any atom is 0.118 e. The molecule has 0 aliphatic carbocycles. The zero-order valence-electron chi connectivity index (χ0n) is 16.0. The van der Waals surface area contributed by atoms with Gasteiger partial charge in [-0.25, -0.2) is 0 Å². The van der Waals surface area contributed by atoms with Crippen molar-refractivity contribution in [2.24, 2.45) is 0 Å². The maximum absolute atomic E-state index is 5.33. The molecule has 3 atom stereocenters. The highest BCUT2D eigenvalue weighted by Gasteiger charge is 2.36. The Kier molecular flexibility index (Phi) is 5.26. The third-order valence-electron chi connectivity index (χ3n) is 5.76. The first kappa shape index (κ1) is 17.8. The number of rotatable bonds is 6. The average molecular weight is 361 g/mol. The maximum atomic E-state index is 5.33. The normalized spacial score (nSPS) is 21.3. The van der Waals surface area contributed by atoms with E-state index in [1.165, 1.54) is 16.8 Å². The zero-order chi connectivity index (χ0) is 18.6. The second kappa shape index (κ2) is 7.97. The first-order chi connectivity index (χ1) is 13.2. The number of hydrogen-bond donors (Lipinski definition) is 1. The molecule has 2 heterocycles. The van der Waals surface area contributed by atoms with Gasteiger partial charge in [-0.2, -0.15) is 5.10 Å². The van der Waals surface area contributed by atoms with Gasteiger partial charge in [0.25, 0.3) is 0 Å². The van der Waals surface area contributed by atoms with Crippen molar-refractivity contribution in [1.29, 1.82) is 0 Å². The van der Waals surface area contributed by atoms with Gasteiger partial charge < -0.3 is 9.64 Å². The van der Waals surface area contributed by atoms with Crippen LogP contribution in [0.15, 0.2) is 66.9 Å². The Bertz CT molecular complexity index is 830. The van der Waals surface area contributed by atoms with Crippen molar-refractivity contribution in [3.8, 4) is 5.75 Å². The van der Waals surface area contributed by atoms with Crippen LogP contribution >= 0.6 is 0 Å². The quantitative estimate of drug-likeness (QED) is 0.707. The van der Waals surface area contributed by atoms with Crippen LogP contribution in [-0.4, -0.2) is 41.8 Å². The fourth-order valence-corrected chi connectivity index (χ4v) is 4.29. The van der Waals surface area contributed by atoms with Crippen molar-refractivity contribution in [3.05, 3.63) is 83.7 Å². The molecule has 4 nitrogen and oxygen atoms in total. The van der Waals surface area contributed by atoms with Gasteiger partial charge in [0, 0.05) is 43.4 Å². The van der Waals surface area contributed by atoms with Crippen molar-refractivity contribution >= 4 is 0 Å². The van der Waals surface area contributed by atoms with Gasteiger partial charge in [0.1, 0.15) is 5.75 Å². The lowest BCUT2D eigenvalue weighted by atomic mass is 9.87. The van der Waals surface area contributed by atoms with Gasteiger partial charge in [-0.15, -0.1) is 0 Å². The topological polar surface area (TPSA) is 41.1 Å². The molecule has 1 aromatic heterocycles. The Morgan fingerprint density at radius 3 is 2.44 bits per heavy atom. The largest absolute Gasteiger partial charge is 0.497 e. The molecular weight excluding hydrogens is 334 g/mol. The standard InChI is InChI=1S/C23H27N3O/c1-17(18-6-4-3-5-7-18)14-26-15-21(19-8-10-20(27-2)11-9-19)22(16-26)23-12-13-24-25-23/h3-13,17,21-22H,14-16H2,1-2H3,(H,24,25)/t17-,21-,22+/m0/s1. The smallest absolute Gasteiger partial charge is 0.118 e. The predicted octanol–water partition coefficient (Wildman–Crippen LogP) is 4.41. The fourth-order valence-electron chi connectivity index (χ4n) is 4.29. The Labute approximate surface area is 161 Å². The number of nitrogens with one attached hydrogen (secondary N) is 1. The molecule has 4 heteroatoms. The second-order valence-corrected chi connectivity index (χ2v) is 7.53. The van der Waals surface area contributed by atoms with Gasteiger partial charge >= 0.3 is 0 Å². The van der Waals surface area contributed by atoms with E-state index in [2.05, 4.69) is 82.7 Å². The van der Waals surface area contributed by atoms with Crippen molar-refractivity contribution < 1.29 is 4.74 Å². The summed E-state index contributed by atoms with van der Waals surface area (Å²) in [5, 5.41) is 7.40. The molecule has 0 radical (unpaired) electrons. The molecule has 1 N–H and O–H groups in total. The predicted molar refractivity (Wildman–Crippen MR) is 108 cm³/mol. The molecule has 1 aliphatic heterocycles. The van der Waals surface area contributed by atoms with Crippen LogP contribution in [-0.2, 0) is 0 Å². The van der Waals surface area contributed by atoms with E-state index in [0.717, 1.165) is 25.4 Å². The van der Waals surface area contributed by atoms with E-state index < -0.39 is 0 Å². The van der Waals surface area contributed by atoms with Crippen LogP contribution in [0.5, 0.6) is 5.75 Å². The number of aromatic amines is 1. The average Bonchev–Trinajstić information content (AvgIpc) is 3.38. The molecule has 27 heavy (non-hydrogen) atoms. The number of likely N-dealkylation sites (tertiary alicyclic amines) is 1. The van der Waals surface area contributed by atoms with E-state index >= 15 is 0 Å². The Morgan fingerprint density at radius 2 is 1.78 bits per heavy atom. The van der Waals surface area contributed by atoms with E-state index in [-0.39, 0.29) is 0 Å². The molecule has 1 fully saturated rings. The lowest BCUT2D eigenvalue weighted by Crippen LogP contribution is -2.25. The van der Waals surface area contributed by atoms with Crippen LogP contribution in [0.2, 0.25) is 0 Å². The molecular formula is C23H27N3O. The zero-order valence-corrected chi connectivity index (χ0v) is 16.0. The Morgan fingerprint density at radius 1 is 1.04 bits per heavy atom. The summed E-state index contributed by atoms with van der Waals surface area (Å²) >= 11 is 0. The number of H-pyrrole nitrogens is 1. The highest BCUT2D eigenvalue weighted by Crippen LogP contribution is 2.40. The summed E-state index contributed by atoms with van der Waals surface area (Å²) in [7, 11) is 1.71. The third-order valence-corrected chi connectivity index (χ3v) is 5.76. The van der Waals surface area contributed by atoms with E-state index in [1.54, 1.807) is 7.11 Å². The van der Waals surface area contributed by atoms with Crippen LogP contribution in [0, 0.1) is 0 Å². The van der Waals surface area contributed by atoms with Crippen molar-refractivity contribution in [3.63, 3.8) is 0 Å². The summed E-state index contributed by atoms with van der Waals surface area (Å²) in [5.41, 5.74) is 4.00. The molecule has 3 aromatic rings. The molecule has 0 unspecified atom stereocenters. The summed E-state index contributed by atoms with van der Waals surface area (Å²) in [4.78, 5) is 2.60. The summed E-state index contributed by atoms with van der Waals surface area (Å²) in [6.07, 6.45) is 1.86. The van der Waals surface area contributed by atoms with E-state index in [1.807, 2.05) is 6.20 Å². The lowest BCUT2D eigenvalue weighted by Gasteiger charge is -2.21. The number of nitrogens with zero attached hydrogens (tertiary/aromatic N) is 2. The number of methoxy groups -OCH3 is 1. The van der Waals surface area contributed by atoms with Gasteiger partial charge in [0.15, 0.2) is 0 Å². The number of aromatic nitrogens is 2. The lowest BCUT2D eigenvalue weighted by molar-refractivity contribution is 0.313. The highest BCUT2D eigenvalue weighted by molar-refractivity contribution is 5.33. The number of ether oxygens (including phenoxy) is 1. The third kappa shape index (κ3) is 3.91. The molecule has 2 aromatic carbocycles. The summed E-state index contributed by atoms with van der Waals surface area (Å²) in [6.45, 7) is 5.51. The Balaban J connectivity index is 1.54. The van der Waals surface area contributed by atoms with Gasteiger partial charge in [0.2, 0.25) is 0 Å². The minimum atomic E-state index is 0.434. The molecule has 0 saturated carbocycles. The summed E-state index contributed by atoms with van der Waals surface area (Å²) < 4.78 is 5.33. The van der Waals surface area contributed by atoms with Crippen molar-refractivity contribution in [1.82, 2.24) is 15.1 Å². The van der Waals surface area contributed by atoms with Crippen LogP contribution in [0.25, 0.3) is 0 Å². The molecule has 1 saturated heterocycles. The number of benzene rings is 2. The van der Waals surface area contributed by atoms with Gasteiger partial charge in [-0.3, -0.25) is 5.10 Å². The van der Waals surface area contributed by atoms with E-state index in [4.69, 9.17) is 4.74 Å². The van der Waals surface area contributed by atoms with Crippen molar-refractivity contribution in [2.45, 2.75) is 24.7 Å². The molecule has 0 bridgehead atoms. The molecule has 0 amide bonds. The summed E-state index contributed by atoms with van der Waals surface area (Å²) in [6, 6.07) is 21.5. The van der Waals surface area contributed by atoms with E-state index in [9.17, 15) is 0 Å². The molecule has 4 rings (SSSR count). The van der Waals surface area contributed by atoms with Crippen LogP contribution in [0.3, 0.4) is 0 Å². The SMILES string of the molecule is COc1ccc([C@@H]2CN(C[C@H](C)c3ccccc3)C[C@H]2c2ccn[nH]2)cc1. The minimum Gasteiger partial charge on any atom is -0.497 e. The van der Waals surface area contributed by atoms with Crippen LogP contribution in [0.1, 0.15) is 41.5 Å². The molecule has 1 aliphatic rings. The van der Waals surface area contributed by atoms with Gasteiger partial charge in [-0.05, 0) is 35.2 Å². The fraction of sp³-hybridized carbons (Fsp3) is 0.348. The second-order valence-electron chi connectivity index (χ2n) is 7.53. The first-order valence-electron chi connectivity index (χ1n) is 9.65. The molecule has 140 valence electrons. The highest BCUT2D eigenvalue weighted by atomic mass is 16.5. The first-order valence-corrected chi connectivity index (χ1v) is 9.65. The number of hydrogen-bond acceptors (Lipinski definition) is 3. The minimum absolute atomic E-state index is 0.434. The van der Waals surface area contributed by atoms with E-state index in [0.29, 0.717) is 17.8 Å². The van der Waals surface area contributed by atoms with Crippen LogP contribution in [0.4, 0.5) is 0 Å². The van der Waals surface area contributed by atoms with Gasteiger partial charge in [-0.1, -0.05) is 49.4 Å². The van der Waals surface area contributed by atoms with Crippen LogP contribution < -0.4 is 4.74 Å². The Hall–Kier alpha value is -2.59. The van der Waals surface area contributed by atoms with Gasteiger partial charge in [0.05, 0.1) is 7.11 Å². The summed E-state index contributed by atoms with van der Waals surface area (Å²) in [5.74, 6) is 2.32.